The first-order chi connectivity index (χ1) is 5.77. The average molecular weight is 180 g/mol. The molecule has 0 saturated heterocycles. The predicted octanol–water partition coefficient (Wildman–Crippen LogP) is 1.13. The summed E-state index contributed by atoms with van der Waals surface area (Å²) in [5.74, 6) is 0.665. The molecule has 2 aromatic heterocycles. The van der Waals surface area contributed by atoms with E-state index in [2.05, 4.69) is 10.1 Å². The van der Waals surface area contributed by atoms with E-state index in [1.54, 1.807) is 27.7 Å². The summed E-state index contributed by atoms with van der Waals surface area (Å²) >= 11 is 1.56. The van der Waals surface area contributed by atoms with Crippen LogP contribution in [0, 0.1) is 0 Å². The summed E-state index contributed by atoms with van der Waals surface area (Å²) in [6.45, 7) is 0. The Kier molecular flexibility index (Phi) is 1.58. The molecule has 0 atom stereocenters. The second kappa shape index (κ2) is 2.60. The molecule has 0 saturated carbocycles. The molecule has 12 heavy (non-hydrogen) atoms. The van der Waals surface area contributed by atoms with Crippen LogP contribution in [0.5, 0.6) is 0 Å². The molecule has 0 aromatic carbocycles. The Hall–Kier alpha value is -1.36. The summed E-state index contributed by atoms with van der Waals surface area (Å²) < 4.78 is 1.65. The number of hydrogen-bond acceptors (Lipinski definition) is 4. The fourth-order valence-electron chi connectivity index (χ4n) is 0.944. The average Bonchev–Trinajstić information content (AvgIpc) is 2.61. The van der Waals surface area contributed by atoms with Crippen LogP contribution in [0.1, 0.15) is 0 Å². The number of thiazole rings is 1. The molecule has 2 aromatic rings. The van der Waals surface area contributed by atoms with Crippen molar-refractivity contribution >= 4 is 17.2 Å². The van der Waals surface area contributed by atoms with Crippen molar-refractivity contribution in [1.82, 2.24) is 14.8 Å². The van der Waals surface area contributed by atoms with Crippen LogP contribution in [-0.2, 0) is 7.05 Å². The molecule has 0 aliphatic heterocycles. The molecule has 2 N–H and O–H groups in total. The molecule has 0 aliphatic carbocycles. The number of rotatable bonds is 1. The lowest BCUT2D eigenvalue weighted by Gasteiger charge is -1.88. The molecule has 0 fully saturated rings. The smallest absolute Gasteiger partial charge is 0.121 e. The number of aromatic nitrogens is 3. The summed E-state index contributed by atoms with van der Waals surface area (Å²) in [6.07, 6.45) is 1.78. The number of hydrogen-bond donors (Lipinski definition) is 1. The Labute approximate surface area is 73.7 Å². The zero-order valence-electron chi connectivity index (χ0n) is 6.56. The second-order valence-corrected chi connectivity index (χ2v) is 3.33. The molecule has 4 nitrogen and oxygen atoms in total. The fourth-order valence-corrected chi connectivity index (χ4v) is 1.52. The third-order valence-corrected chi connectivity index (χ3v) is 2.40. The molecule has 0 spiro atoms. The highest BCUT2D eigenvalue weighted by Crippen LogP contribution is 2.22. The first-order valence-corrected chi connectivity index (χ1v) is 4.34. The Morgan fingerprint density at radius 2 is 2.42 bits per heavy atom. The van der Waals surface area contributed by atoms with Gasteiger partial charge >= 0.3 is 0 Å². The van der Waals surface area contributed by atoms with E-state index >= 15 is 0 Å². The van der Waals surface area contributed by atoms with Gasteiger partial charge in [0.05, 0.1) is 10.4 Å². The van der Waals surface area contributed by atoms with Crippen LogP contribution >= 0.6 is 11.3 Å². The van der Waals surface area contributed by atoms with E-state index in [1.807, 2.05) is 13.1 Å². The Balaban J connectivity index is 2.48. The van der Waals surface area contributed by atoms with Gasteiger partial charge in [0.2, 0.25) is 0 Å². The van der Waals surface area contributed by atoms with Crippen LogP contribution in [0.15, 0.2) is 17.8 Å². The number of nitrogens with two attached hydrogens (primary N) is 1. The van der Waals surface area contributed by atoms with Crippen LogP contribution in [-0.4, -0.2) is 14.8 Å². The molecule has 0 radical (unpaired) electrons. The molecule has 5 heteroatoms. The lowest BCUT2D eigenvalue weighted by Crippen LogP contribution is -1.96. The maximum atomic E-state index is 5.63. The van der Waals surface area contributed by atoms with E-state index in [9.17, 15) is 0 Å². The molecule has 2 heterocycles. The molecule has 2 rings (SSSR count). The summed E-state index contributed by atoms with van der Waals surface area (Å²) in [7, 11) is 1.82. The molecule has 0 aliphatic rings. The number of nitrogens with zero attached hydrogens (tertiary/aromatic N) is 3. The van der Waals surface area contributed by atoms with Gasteiger partial charge in [-0.3, -0.25) is 9.67 Å². The normalized spacial score (nSPS) is 10.4. The van der Waals surface area contributed by atoms with Crippen LogP contribution in [0.4, 0.5) is 5.82 Å². The lowest BCUT2D eigenvalue weighted by molar-refractivity contribution is 0.783. The molecular weight excluding hydrogens is 172 g/mol. The fraction of sp³-hybridized carbons (Fsp3) is 0.143. The van der Waals surface area contributed by atoms with Gasteiger partial charge in [-0.25, -0.2) is 0 Å². The van der Waals surface area contributed by atoms with Gasteiger partial charge in [0, 0.05) is 19.3 Å². The first kappa shape index (κ1) is 7.30. The Morgan fingerprint density at radius 3 is 2.92 bits per heavy atom. The van der Waals surface area contributed by atoms with Crippen molar-refractivity contribution in [2.45, 2.75) is 0 Å². The summed E-state index contributed by atoms with van der Waals surface area (Å²) in [5.41, 5.74) is 8.30. The summed E-state index contributed by atoms with van der Waals surface area (Å²) in [6, 6.07) is 1.84. The zero-order chi connectivity index (χ0) is 8.55. The highest BCUT2D eigenvalue weighted by molar-refractivity contribution is 7.13. The van der Waals surface area contributed by atoms with Gasteiger partial charge in [-0.2, -0.15) is 5.10 Å². The quantitative estimate of drug-likeness (QED) is 0.715. The van der Waals surface area contributed by atoms with Crippen molar-refractivity contribution in [2.75, 3.05) is 5.73 Å². The van der Waals surface area contributed by atoms with E-state index in [0.717, 1.165) is 10.6 Å². The first-order valence-electron chi connectivity index (χ1n) is 3.46. The van der Waals surface area contributed by atoms with Crippen LogP contribution < -0.4 is 5.73 Å². The Bertz CT molecular complexity index is 357. The van der Waals surface area contributed by atoms with E-state index in [-0.39, 0.29) is 0 Å². The molecule has 0 unspecified atom stereocenters. The monoisotopic (exact) mass is 180 g/mol. The van der Waals surface area contributed by atoms with Gasteiger partial charge in [0.25, 0.3) is 0 Å². The van der Waals surface area contributed by atoms with Crippen molar-refractivity contribution in [3.05, 3.63) is 17.8 Å². The largest absolute Gasteiger partial charge is 0.384 e. The number of aryl methyl sites for hydroxylation is 1. The second-order valence-electron chi connectivity index (χ2n) is 2.44. The highest BCUT2D eigenvalue weighted by Gasteiger charge is 2.04. The van der Waals surface area contributed by atoms with Crippen molar-refractivity contribution in [2.24, 2.45) is 7.05 Å². The minimum Gasteiger partial charge on any atom is -0.384 e. The molecule has 0 amide bonds. The minimum atomic E-state index is 0.665. The SMILES string of the molecule is Cn1nc(-c2cncs2)cc1N. The minimum absolute atomic E-state index is 0.665. The van der Waals surface area contributed by atoms with Crippen LogP contribution in [0.25, 0.3) is 10.6 Å². The molecule has 62 valence electrons. The van der Waals surface area contributed by atoms with Crippen molar-refractivity contribution in [3.8, 4) is 10.6 Å². The van der Waals surface area contributed by atoms with Crippen molar-refractivity contribution in [1.29, 1.82) is 0 Å². The van der Waals surface area contributed by atoms with Crippen LogP contribution in [0.2, 0.25) is 0 Å². The zero-order valence-corrected chi connectivity index (χ0v) is 7.38. The third kappa shape index (κ3) is 1.08. The number of anilines is 1. The van der Waals surface area contributed by atoms with E-state index < -0.39 is 0 Å². The standard InChI is InChI=1S/C7H8N4S/c1-11-7(8)2-5(10-11)6-3-9-4-12-6/h2-4H,8H2,1H3. The summed E-state index contributed by atoms with van der Waals surface area (Å²) in [4.78, 5) is 5.01. The number of nitrogen functional groups attached to an aromatic ring is 1. The lowest BCUT2D eigenvalue weighted by atomic mass is 10.4. The van der Waals surface area contributed by atoms with E-state index in [1.165, 1.54) is 0 Å². The molecular formula is C7H8N4S. The van der Waals surface area contributed by atoms with Gasteiger partial charge in [0.1, 0.15) is 11.5 Å². The third-order valence-electron chi connectivity index (χ3n) is 1.60. The van der Waals surface area contributed by atoms with Gasteiger partial charge in [-0.1, -0.05) is 0 Å². The predicted molar refractivity (Wildman–Crippen MR) is 48.7 cm³/mol. The molecule has 0 bridgehead atoms. The van der Waals surface area contributed by atoms with Gasteiger partial charge < -0.3 is 5.73 Å². The topological polar surface area (TPSA) is 56.7 Å². The maximum absolute atomic E-state index is 5.63. The van der Waals surface area contributed by atoms with Crippen molar-refractivity contribution < 1.29 is 0 Å². The van der Waals surface area contributed by atoms with E-state index in [0.29, 0.717) is 5.82 Å². The highest BCUT2D eigenvalue weighted by atomic mass is 32.1. The van der Waals surface area contributed by atoms with E-state index in [4.69, 9.17) is 5.73 Å². The summed E-state index contributed by atoms with van der Waals surface area (Å²) in [5, 5.41) is 4.21. The van der Waals surface area contributed by atoms with Gasteiger partial charge in [0.15, 0.2) is 0 Å². The maximum Gasteiger partial charge on any atom is 0.121 e. The van der Waals surface area contributed by atoms with Crippen molar-refractivity contribution in [3.63, 3.8) is 0 Å². The van der Waals surface area contributed by atoms with Gasteiger partial charge in [-0.15, -0.1) is 11.3 Å². The van der Waals surface area contributed by atoms with Gasteiger partial charge in [-0.05, 0) is 0 Å². The Morgan fingerprint density at radius 1 is 1.58 bits per heavy atom. The van der Waals surface area contributed by atoms with Crippen LogP contribution in [0.3, 0.4) is 0 Å².